The highest BCUT2D eigenvalue weighted by molar-refractivity contribution is 5.82. The number of aliphatic hydroxyl groups excluding tert-OH is 1. The fraction of sp³-hybridized carbons (Fsp3) is 0.579. The lowest BCUT2D eigenvalue weighted by Gasteiger charge is -2.21. The lowest BCUT2D eigenvalue weighted by Crippen LogP contribution is -2.35. The average molecular weight is 329 g/mol. The standard InChI is InChI=1S/C19H27N3O2/c1-14-11-16-17(12-15(14)2)22(18(20-16)7-10-23)13-19(24)21-8-5-3-4-6-9-21/h11-12,23H,3-10,13H2,1-2H3. The molecule has 5 heteroatoms. The number of rotatable bonds is 4. The summed E-state index contributed by atoms with van der Waals surface area (Å²) >= 11 is 0. The summed E-state index contributed by atoms with van der Waals surface area (Å²) in [5, 5.41) is 9.35. The van der Waals surface area contributed by atoms with E-state index in [-0.39, 0.29) is 12.5 Å². The first kappa shape index (κ1) is 17.0. The minimum absolute atomic E-state index is 0.0409. The fourth-order valence-corrected chi connectivity index (χ4v) is 3.45. The highest BCUT2D eigenvalue weighted by atomic mass is 16.3. The maximum Gasteiger partial charge on any atom is 0.242 e. The second-order valence-corrected chi connectivity index (χ2v) is 6.81. The van der Waals surface area contributed by atoms with E-state index in [1.807, 2.05) is 9.47 Å². The highest BCUT2D eigenvalue weighted by Gasteiger charge is 2.19. The molecule has 0 saturated carbocycles. The summed E-state index contributed by atoms with van der Waals surface area (Å²) in [7, 11) is 0. The highest BCUT2D eigenvalue weighted by Crippen LogP contribution is 2.22. The first-order valence-corrected chi connectivity index (χ1v) is 8.95. The van der Waals surface area contributed by atoms with E-state index >= 15 is 0 Å². The van der Waals surface area contributed by atoms with Gasteiger partial charge in [-0.3, -0.25) is 4.79 Å². The molecule has 0 aliphatic carbocycles. The van der Waals surface area contributed by atoms with E-state index in [2.05, 4.69) is 31.0 Å². The molecule has 1 fully saturated rings. The summed E-state index contributed by atoms with van der Waals surface area (Å²) in [6.45, 7) is 6.22. The van der Waals surface area contributed by atoms with Gasteiger partial charge in [0.15, 0.2) is 0 Å². The number of aromatic nitrogens is 2. The van der Waals surface area contributed by atoms with Gasteiger partial charge in [-0.25, -0.2) is 4.98 Å². The van der Waals surface area contributed by atoms with E-state index in [1.54, 1.807) is 0 Å². The molecule has 1 N–H and O–H groups in total. The first-order chi connectivity index (χ1) is 11.6. The van der Waals surface area contributed by atoms with Crippen LogP contribution in [0.25, 0.3) is 11.0 Å². The van der Waals surface area contributed by atoms with Crippen LogP contribution in [-0.4, -0.2) is 45.2 Å². The van der Waals surface area contributed by atoms with Gasteiger partial charge < -0.3 is 14.6 Å². The van der Waals surface area contributed by atoms with E-state index in [4.69, 9.17) is 0 Å². The van der Waals surface area contributed by atoms with Gasteiger partial charge >= 0.3 is 0 Å². The largest absolute Gasteiger partial charge is 0.396 e. The molecule has 1 amide bonds. The number of hydrogen-bond acceptors (Lipinski definition) is 3. The molecule has 130 valence electrons. The Bertz CT molecular complexity index is 728. The van der Waals surface area contributed by atoms with E-state index in [0.29, 0.717) is 13.0 Å². The molecule has 2 aromatic rings. The molecule has 1 aliphatic rings. The Balaban J connectivity index is 1.92. The van der Waals surface area contributed by atoms with Crippen LogP contribution in [-0.2, 0) is 17.8 Å². The molecule has 5 nitrogen and oxygen atoms in total. The zero-order chi connectivity index (χ0) is 17.1. The minimum atomic E-state index is 0.0409. The van der Waals surface area contributed by atoms with E-state index in [9.17, 15) is 9.90 Å². The maximum absolute atomic E-state index is 12.8. The Morgan fingerprint density at radius 3 is 2.46 bits per heavy atom. The zero-order valence-electron chi connectivity index (χ0n) is 14.7. The van der Waals surface area contributed by atoms with Crippen molar-refractivity contribution in [3.05, 3.63) is 29.1 Å². The normalized spacial score (nSPS) is 15.7. The quantitative estimate of drug-likeness (QED) is 0.938. The molecule has 24 heavy (non-hydrogen) atoms. The van der Waals surface area contributed by atoms with E-state index in [1.165, 1.54) is 24.0 Å². The number of nitrogens with zero attached hydrogens (tertiary/aromatic N) is 3. The second-order valence-electron chi connectivity index (χ2n) is 6.81. The fourth-order valence-electron chi connectivity index (χ4n) is 3.45. The topological polar surface area (TPSA) is 58.4 Å². The van der Waals surface area contributed by atoms with Crippen LogP contribution in [0, 0.1) is 13.8 Å². The number of amides is 1. The number of carbonyl (C=O) groups excluding carboxylic acids is 1. The molecule has 2 heterocycles. The van der Waals surface area contributed by atoms with Crippen molar-refractivity contribution in [3.8, 4) is 0 Å². The molecule has 0 radical (unpaired) electrons. The van der Waals surface area contributed by atoms with Crippen molar-refractivity contribution in [3.63, 3.8) is 0 Å². The molecule has 0 unspecified atom stereocenters. The van der Waals surface area contributed by atoms with Crippen LogP contribution in [0.4, 0.5) is 0 Å². The lowest BCUT2D eigenvalue weighted by molar-refractivity contribution is -0.131. The van der Waals surface area contributed by atoms with Crippen LogP contribution in [0.3, 0.4) is 0 Å². The number of fused-ring (bicyclic) bond motifs is 1. The van der Waals surface area contributed by atoms with Crippen molar-refractivity contribution < 1.29 is 9.90 Å². The molecule has 3 rings (SSSR count). The molecule has 1 aromatic carbocycles. The van der Waals surface area contributed by atoms with Gasteiger partial charge in [-0.1, -0.05) is 12.8 Å². The summed E-state index contributed by atoms with van der Waals surface area (Å²) in [6, 6.07) is 4.17. The number of benzene rings is 1. The summed E-state index contributed by atoms with van der Waals surface area (Å²) < 4.78 is 1.99. The maximum atomic E-state index is 12.8. The minimum Gasteiger partial charge on any atom is -0.396 e. The Kier molecular flexibility index (Phi) is 5.19. The summed E-state index contributed by atoms with van der Waals surface area (Å²) in [5.74, 6) is 0.953. The Morgan fingerprint density at radius 1 is 1.12 bits per heavy atom. The van der Waals surface area contributed by atoms with Gasteiger partial charge in [-0.2, -0.15) is 0 Å². The Morgan fingerprint density at radius 2 is 1.79 bits per heavy atom. The monoisotopic (exact) mass is 329 g/mol. The molecular weight excluding hydrogens is 302 g/mol. The number of aliphatic hydroxyl groups is 1. The van der Waals surface area contributed by atoms with Gasteiger partial charge in [0.1, 0.15) is 12.4 Å². The molecule has 1 saturated heterocycles. The zero-order valence-corrected chi connectivity index (χ0v) is 14.7. The third-order valence-electron chi connectivity index (χ3n) is 5.03. The van der Waals surface area contributed by atoms with E-state index < -0.39 is 0 Å². The van der Waals surface area contributed by atoms with Gasteiger partial charge in [0.25, 0.3) is 0 Å². The van der Waals surface area contributed by atoms with Gasteiger partial charge in [0, 0.05) is 19.5 Å². The lowest BCUT2D eigenvalue weighted by atomic mass is 10.1. The van der Waals surface area contributed by atoms with Gasteiger partial charge in [-0.15, -0.1) is 0 Å². The van der Waals surface area contributed by atoms with Crippen LogP contribution in [0.2, 0.25) is 0 Å². The van der Waals surface area contributed by atoms with Crippen LogP contribution in [0.1, 0.15) is 42.6 Å². The number of hydrogen-bond donors (Lipinski definition) is 1. The number of carbonyl (C=O) groups is 1. The molecule has 0 atom stereocenters. The Hall–Kier alpha value is -1.88. The molecule has 1 aliphatic heterocycles. The van der Waals surface area contributed by atoms with Crippen molar-refractivity contribution in [2.75, 3.05) is 19.7 Å². The summed E-state index contributed by atoms with van der Waals surface area (Å²) in [4.78, 5) is 19.4. The predicted octanol–water partition coefficient (Wildman–Crippen LogP) is 2.59. The molecular formula is C19H27N3O2. The summed E-state index contributed by atoms with van der Waals surface area (Å²) in [5.41, 5.74) is 4.29. The Labute approximate surface area is 143 Å². The average Bonchev–Trinajstić information content (AvgIpc) is 2.76. The van der Waals surface area contributed by atoms with Gasteiger partial charge in [0.05, 0.1) is 17.6 Å². The summed E-state index contributed by atoms with van der Waals surface area (Å²) in [6.07, 6.45) is 5.09. The molecule has 0 bridgehead atoms. The van der Waals surface area contributed by atoms with Gasteiger partial charge in [-0.05, 0) is 49.9 Å². The SMILES string of the molecule is Cc1cc2nc(CCO)n(CC(=O)N3CCCCCC3)c2cc1C. The third kappa shape index (κ3) is 3.46. The van der Waals surface area contributed by atoms with Crippen molar-refractivity contribution in [1.82, 2.24) is 14.5 Å². The second kappa shape index (κ2) is 7.34. The number of aryl methyl sites for hydroxylation is 2. The van der Waals surface area contributed by atoms with Crippen molar-refractivity contribution >= 4 is 16.9 Å². The van der Waals surface area contributed by atoms with Gasteiger partial charge in [0.2, 0.25) is 5.91 Å². The number of imidazole rings is 1. The van der Waals surface area contributed by atoms with Crippen LogP contribution in [0.15, 0.2) is 12.1 Å². The van der Waals surface area contributed by atoms with Crippen LogP contribution >= 0.6 is 0 Å². The van der Waals surface area contributed by atoms with Crippen molar-refractivity contribution in [1.29, 1.82) is 0 Å². The van der Waals surface area contributed by atoms with Crippen molar-refractivity contribution in [2.24, 2.45) is 0 Å². The van der Waals surface area contributed by atoms with Crippen molar-refractivity contribution in [2.45, 2.75) is 52.5 Å². The smallest absolute Gasteiger partial charge is 0.242 e. The molecule has 0 spiro atoms. The molecule has 1 aromatic heterocycles. The van der Waals surface area contributed by atoms with Crippen LogP contribution in [0.5, 0.6) is 0 Å². The number of likely N-dealkylation sites (tertiary alicyclic amines) is 1. The third-order valence-corrected chi connectivity index (χ3v) is 5.03. The van der Waals surface area contributed by atoms with E-state index in [0.717, 1.165) is 42.8 Å². The van der Waals surface area contributed by atoms with Crippen LogP contribution < -0.4 is 0 Å². The predicted molar refractivity (Wildman–Crippen MR) is 95.0 cm³/mol. The first-order valence-electron chi connectivity index (χ1n) is 8.95.